The Bertz CT molecular complexity index is 2990. The van der Waals surface area contributed by atoms with Gasteiger partial charge in [0.15, 0.2) is 0 Å². The van der Waals surface area contributed by atoms with Crippen molar-refractivity contribution in [2.24, 2.45) is 0 Å². The molecule has 428 valence electrons. The molecule has 6 aromatic carbocycles. The Balaban J connectivity index is 1.39. The average Bonchev–Trinajstić information content (AvgIpc) is 3.44. The van der Waals surface area contributed by atoms with Gasteiger partial charge in [0.2, 0.25) is 0 Å². The molecule has 0 saturated heterocycles. The van der Waals surface area contributed by atoms with Gasteiger partial charge >= 0.3 is 17.2 Å². The molecule has 0 radical (unpaired) electrons. The molecule has 0 atom stereocenters. The van der Waals surface area contributed by atoms with E-state index < -0.39 is 17.2 Å². The fourth-order valence-electron chi connectivity index (χ4n) is 11.0. The molecule has 6 nitrogen and oxygen atoms in total. The Hall–Kier alpha value is -5.02. The van der Waals surface area contributed by atoms with E-state index in [4.69, 9.17) is 27.1 Å². The summed E-state index contributed by atoms with van der Waals surface area (Å²) in [6.07, 6.45) is 2.22. The van der Waals surface area contributed by atoms with E-state index >= 15 is 0 Å². The van der Waals surface area contributed by atoms with E-state index in [1.54, 1.807) is 0 Å². The topological polar surface area (TPSA) is 55.4 Å². The van der Waals surface area contributed by atoms with Gasteiger partial charge in [0.05, 0.1) is 0 Å². The summed E-state index contributed by atoms with van der Waals surface area (Å²) in [6.45, 7) is 54.9. The highest BCUT2D eigenvalue weighted by Gasteiger charge is 2.39. The molecule has 4 aliphatic heterocycles. The molecule has 0 saturated carbocycles. The minimum atomic E-state index is -2.11. The summed E-state index contributed by atoms with van der Waals surface area (Å²) in [5.41, 5.74) is 16.9. The van der Waals surface area contributed by atoms with Crippen molar-refractivity contribution in [1.29, 1.82) is 0 Å². The lowest BCUT2D eigenvalue weighted by Gasteiger charge is -2.33. The standard InChI is InChI=1S/C72H94O6P2/c1-65(2,3)51-25-27-59(57(41-51)71(19,20)21)73-79-75-61-43-29-44-34-54(68(10,11)12)38-48(62(44)76-79)32-50-40-56(70(16,17)18)36-46-30-45-35-55(69(13,14)15)39-49(31-47(61)37-53(33-43)67(7,8)9)63(45)77-80(78-64(46)50)74-60-28-26-52(66(4,5)6)42-58(60)72(22,23)24/h25-28,33-42H,29-32H2,1-24H3. The van der Waals surface area contributed by atoms with Crippen LogP contribution in [0.15, 0.2) is 84.9 Å². The quantitative estimate of drug-likeness (QED) is 0.164. The van der Waals surface area contributed by atoms with Crippen molar-refractivity contribution in [3.63, 3.8) is 0 Å². The lowest BCUT2D eigenvalue weighted by atomic mass is 9.79. The minimum Gasteiger partial charge on any atom is -0.408 e. The molecule has 6 aromatic rings. The van der Waals surface area contributed by atoms with Crippen molar-refractivity contribution in [3.8, 4) is 34.5 Å². The van der Waals surface area contributed by atoms with Gasteiger partial charge in [-0.25, -0.2) is 0 Å². The van der Waals surface area contributed by atoms with Gasteiger partial charge in [-0.3, -0.25) is 0 Å². The van der Waals surface area contributed by atoms with Crippen LogP contribution < -0.4 is 27.1 Å². The molecule has 4 heterocycles. The van der Waals surface area contributed by atoms with Gasteiger partial charge in [0.1, 0.15) is 34.5 Å². The summed E-state index contributed by atoms with van der Waals surface area (Å²) in [5.74, 6) is 4.69. The SMILES string of the molecule is CC(C)(C)c1cc2c3c(c1)Cc1cc(C(C)(C)C)cc4c1OP(Oc1ccc(C(C)(C)C)cc1C(C)(C)C)Oc1c(cc(C(C)(C)C)cc1Cc1cc(C(C)(C)C)cc(c1OP(Oc1ccc(C(C)(C)C)cc1C(C)(C)C)O3)C2)C4. The molecule has 0 fully saturated rings. The van der Waals surface area contributed by atoms with Crippen molar-refractivity contribution < 1.29 is 27.1 Å². The van der Waals surface area contributed by atoms with Crippen LogP contribution in [0, 0.1) is 0 Å². The second-order valence-corrected chi connectivity index (χ2v) is 33.6. The third-order valence-corrected chi connectivity index (χ3v) is 18.3. The maximum atomic E-state index is 7.56. The maximum Gasteiger partial charge on any atom is 0.530 e. The molecule has 0 amide bonds. The molecule has 11 rings (SSSR count). The Morgan fingerprint density at radius 3 is 0.637 bits per heavy atom. The van der Waals surface area contributed by atoms with E-state index in [-0.39, 0.29) is 43.3 Å². The summed E-state index contributed by atoms with van der Waals surface area (Å²) in [6, 6.07) is 32.4. The van der Waals surface area contributed by atoms with Crippen molar-refractivity contribution in [3.05, 3.63) is 174 Å². The molecule has 80 heavy (non-hydrogen) atoms. The highest BCUT2D eigenvalue weighted by molar-refractivity contribution is 7.43. The number of hydrogen-bond acceptors (Lipinski definition) is 6. The van der Waals surface area contributed by atoms with Gasteiger partial charge in [-0.1, -0.05) is 239 Å². The highest BCUT2D eigenvalue weighted by atomic mass is 31.2. The third kappa shape index (κ3) is 12.6. The first kappa shape index (κ1) is 59.6. The lowest BCUT2D eigenvalue weighted by Crippen LogP contribution is -2.20. The Kier molecular flexibility index (Phi) is 15.2. The van der Waals surface area contributed by atoms with Crippen LogP contribution in [0.2, 0.25) is 0 Å². The first-order valence-electron chi connectivity index (χ1n) is 29.2. The predicted molar refractivity (Wildman–Crippen MR) is 337 cm³/mol. The van der Waals surface area contributed by atoms with Crippen LogP contribution in [0.25, 0.3) is 0 Å². The van der Waals surface area contributed by atoms with Gasteiger partial charge < -0.3 is 27.1 Å². The Morgan fingerprint density at radius 2 is 0.463 bits per heavy atom. The van der Waals surface area contributed by atoms with Gasteiger partial charge in [0.25, 0.3) is 0 Å². The largest absolute Gasteiger partial charge is 0.530 e. The van der Waals surface area contributed by atoms with E-state index in [1.807, 2.05) is 0 Å². The predicted octanol–water partition coefficient (Wildman–Crippen LogP) is 20.9. The Morgan fingerprint density at radius 1 is 0.263 bits per heavy atom. The molecular formula is C72H94O6P2. The van der Waals surface area contributed by atoms with E-state index in [9.17, 15) is 0 Å². The van der Waals surface area contributed by atoms with E-state index in [2.05, 4.69) is 251 Å². The zero-order valence-corrected chi connectivity index (χ0v) is 55.0. The summed E-state index contributed by atoms with van der Waals surface area (Å²) in [7, 11) is -4.22. The van der Waals surface area contributed by atoms with Crippen LogP contribution in [0.4, 0.5) is 0 Å². The molecule has 12 bridgehead atoms. The van der Waals surface area contributed by atoms with Crippen LogP contribution in [0.5, 0.6) is 34.5 Å². The fourth-order valence-corrected chi connectivity index (χ4v) is 13.4. The first-order valence-corrected chi connectivity index (χ1v) is 31.4. The van der Waals surface area contributed by atoms with Crippen molar-refractivity contribution >= 4 is 17.2 Å². The number of fused-ring (bicyclic) bond motifs is 4. The second-order valence-electron chi connectivity index (χ2n) is 31.6. The minimum absolute atomic E-state index is 0.0563. The van der Waals surface area contributed by atoms with Crippen molar-refractivity contribution in [1.82, 2.24) is 0 Å². The molecule has 0 N–H and O–H groups in total. The van der Waals surface area contributed by atoms with Crippen LogP contribution in [0.3, 0.4) is 0 Å². The van der Waals surface area contributed by atoms with Crippen LogP contribution in [-0.2, 0) is 69.0 Å². The number of hydrogen-bond donors (Lipinski definition) is 0. The van der Waals surface area contributed by atoms with Crippen LogP contribution >= 0.6 is 17.2 Å². The first-order chi connectivity index (χ1) is 36.6. The number of benzene rings is 6. The molecule has 0 spiro atoms. The van der Waals surface area contributed by atoms with Gasteiger partial charge in [-0.2, -0.15) is 0 Å². The lowest BCUT2D eigenvalue weighted by molar-refractivity contribution is 0.370. The zero-order valence-electron chi connectivity index (χ0n) is 53.3. The molecule has 5 aliphatic rings. The number of rotatable bonds is 4. The normalized spacial score (nSPS) is 15.6. The highest BCUT2D eigenvalue weighted by Crippen LogP contribution is 2.57. The van der Waals surface area contributed by atoms with Gasteiger partial charge in [-0.15, -0.1) is 0 Å². The zero-order chi connectivity index (χ0) is 58.8. The monoisotopic (exact) mass is 1120 g/mol. The molecule has 8 heteroatoms. The average molecular weight is 1120 g/mol. The van der Waals surface area contributed by atoms with Crippen molar-refractivity contribution in [2.45, 2.75) is 235 Å². The third-order valence-electron chi connectivity index (χ3n) is 16.3. The molecule has 0 unspecified atom stereocenters. The second kappa shape index (κ2) is 20.4. The summed E-state index contributed by atoms with van der Waals surface area (Å²) in [5, 5.41) is 0. The van der Waals surface area contributed by atoms with E-state index in [0.717, 1.165) is 90.1 Å². The summed E-state index contributed by atoms with van der Waals surface area (Å²) in [4.78, 5) is 0. The molecular weight excluding hydrogens is 1020 g/mol. The summed E-state index contributed by atoms with van der Waals surface area (Å²) >= 11 is 0. The van der Waals surface area contributed by atoms with E-state index in [0.29, 0.717) is 25.7 Å². The van der Waals surface area contributed by atoms with Crippen LogP contribution in [-0.4, -0.2) is 0 Å². The maximum absolute atomic E-state index is 7.56. The summed E-state index contributed by atoms with van der Waals surface area (Å²) < 4.78 is 45.0. The van der Waals surface area contributed by atoms with Gasteiger partial charge in [-0.05, 0) is 133 Å². The smallest absolute Gasteiger partial charge is 0.408 e. The fraction of sp³-hybridized carbons (Fsp3) is 0.500. The Labute approximate surface area is 485 Å². The van der Waals surface area contributed by atoms with Crippen LogP contribution in [0.1, 0.15) is 255 Å². The van der Waals surface area contributed by atoms with Gasteiger partial charge in [0, 0.05) is 36.8 Å². The molecule has 0 aromatic heterocycles. The van der Waals surface area contributed by atoms with E-state index in [1.165, 1.54) is 33.4 Å². The van der Waals surface area contributed by atoms with Crippen molar-refractivity contribution in [2.75, 3.05) is 0 Å². The molecule has 1 aliphatic carbocycles.